The highest BCUT2D eigenvalue weighted by atomic mass is 16.6. The number of carbonyl (C=O) groups is 1. The fourth-order valence-electron chi connectivity index (χ4n) is 2.87. The van der Waals surface area contributed by atoms with Gasteiger partial charge in [-0.15, -0.1) is 0 Å². The van der Waals surface area contributed by atoms with Crippen molar-refractivity contribution in [1.29, 1.82) is 0 Å². The second kappa shape index (κ2) is 6.36. The Kier molecular flexibility index (Phi) is 4.29. The van der Waals surface area contributed by atoms with Crippen molar-refractivity contribution in [3.05, 3.63) is 29.6 Å². The lowest BCUT2D eigenvalue weighted by molar-refractivity contribution is 0.0682. The molecule has 2 aromatic rings. The van der Waals surface area contributed by atoms with Crippen molar-refractivity contribution in [2.24, 2.45) is 0 Å². The van der Waals surface area contributed by atoms with E-state index in [1.807, 2.05) is 12.1 Å². The van der Waals surface area contributed by atoms with Crippen LogP contribution in [-0.2, 0) is 9.47 Å². The first-order valence-electron chi connectivity index (χ1n) is 7.57. The largest absolute Gasteiger partial charge is 0.447 e. The molecule has 1 fully saturated rings. The highest BCUT2D eigenvalue weighted by Gasteiger charge is 2.33. The fourth-order valence-corrected chi connectivity index (χ4v) is 2.87. The number of aromatic nitrogens is 2. The summed E-state index contributed by atoms with van der Waals surface area (Å²) in [5.74, 6) is 0.835. The number of fused-ring (bicyclic) bond motifs is 1. The predicted molar refractivity (Wildman–Crippen MR) is 82.7 cm³/mol. The molecule has 0 aliphatic carbocycles. The number of aromatic amines is 1. The molecule has 1 saturated heterocycles. The van der Waals surface area contributed by atoms with Gasteiger partial charge in [-0.1, -0.05) is 6.07 Å². The van der Waals surface area contributed by atoms with E-state index in [2.05, 4.69) is 23.0 Å². The summed E-state index contributed by atoms with van der Waals surface area (Å²) in [5, 5.41) is 0. The fraction of sp³-hybridized carbons (Fsp3) is 0.500. The smallest absolute Gasteiger partial charge is 0.410 e. The van der Waals surface area contributed by atoms with Gasteiger partial charge in [0.2, 0.25) is 0 Å². The van der Waals surface area contributed by atoms with E-state index in [-0.39, 0.29) is 18.7 Å². The van der Waals surface area contributed by atoms with Gasteiger partial charge in [0, 0.05) is 13.7 Å². The van der Waals surface area contributed by atoms with Crippen molar-refractivity contribution in [1.82, 2.24) is 14.9 Å². The number of nitrogens with zero attached hydrogens (tertiary/aromatic N) is 2. The zero-order valence-electron chi connectivity index (χ0n) is 13.0. The molecule has 0 saturated carbocycles. The minimum atomic E-state index is -0.295. The minimum absolute atomic E-state index is 0.0391. The molecule has 1 unspecified atom stereocenters. The van der Waals surface area contributed by atoms with Crippen molar-refractivity contribution >= 4 is 17.1 Å². The number of H-pyrrole nitrogens is 1. The number of hydrogen-bond donors (Lipinski definition) is 1. The Morgan fingerprint density at radius 3 is 3.14 bits per heavy atom. The number of rotatable bonds is 4. The normalized spacial score (nSPS) is 18.1. The van der Waals surface area contributed by atoms with E-state index in [0.29, 0.717) is 13.2 Å². The van der Waals surface area contributed by atoms with Crippen LogP contribution in [0, 0.1) is 6.92 Å². The Bertz CT molecular complexity index is 668. The Morgan fingerprint density at radius 2 is 2.32 bits per heavy atom. The molecule has 2 heterocycles. The van der Waals surface area contributed by atoms with Crippen LogP contribution in [0.15, 0.2) is 18.2 Å². The molecule has 22 heavy (non-hydrogen) atoms. The number of hydrogen-bond acceptors (Lipinski definition) is 4. The average Bonchev–Trinajstić information content (AvgIpc) is 3.12. The van der Waals surface area contributed by atoms with Gasteiger partial charge >= 0.3 is 6.09 Å². The van der Waals surface area contributed by atoms with Gasteiger partial charge in [0.15, 0.2) is 0 Å². The number of nitrogens with one attached hydrogen (secondary N) is 1. The van der Waals surface area contributed by atoms with Crippen molar-refractivity contribution in [2.45, 2.75) is 25.8 Å². The third-order valence-corrected chi connectivity index (χ3v) is 3.97. The molecule has 1 aromatic heterocycles. The van der Waals surface area contributed by atoms with Crippen molar-refractivity contribution in [2.75, 3.05) is 26.9 Å². The SMILES string of the molecule is COCCOC(=O)N1CCCC1c1nc2ccc(C)cc2[nH]1. The van der Waals surface area contributed by atoms with Crippen LogP contribution in [0.4, 0.5) is 4.79 Å². The van der Waals surface area contributed by atoms with Crippen LogP contribution in [0.5, 0.6) is 0 Å². The molecule has 3 rings (SSSR count). The molecule has 1 aromatic carbocycles. The van der Waals surface area contributed by atoms with E-state index in [9.17, 15) is 4.79 Å². The Labute approximate surface area is 129 Å². The van der Waals surface area contributed by atoms with E-state index in [4.69, 9.17) is 9.47 Å². The highest BCUT2D eigenvalue weighted by molar-refractivity contribution is 5.76. The number of likely N-dealkylation sites (tertiary alicyclic amines) is 1. The maximum absolute atomic E-state index is 12.2. The van der Waals surface area contributed by atoms with Gasteiger partial charge in [0.1, 0.15) is 12.4 Å². The first kappa shape index (κ1) is 14.8. The topological polar surface area (TPSA) is 67.5 Å². The van der Waals surface area contributed by atoms with Crippen LogP contribution in [-0.4, -0.2) is 47.8 Å². The van der Waals surface area contributed by atoms with Crippen LogP contribution in [0.25, 0.3) is 11.0 Å². The van der Waals surface area contributed by atoms with Gasteiger partial charge in [-0.3, -0.25) is 4.90 Å². The molecule has 0 radical (unpaired) electrons. The highest BCUT2D eigenvalue weighted by Crippen LogP contribution is 2.32. The average molecular weight is 303 g/mol. The molecule has 0 bridgehead atoms. The lowest BCUT2D eigenvalue weighted by Crippen LogP contribution is -2.32. The molecular weight excluding hydrogens is 282 g/mol. The number of aryl methyl sites for hydroxylation is 1. The summed E-state index contributed by atoms with van der Waals surface area (Å²) >= 11 is 0. The number of methoxy groups -OCH3 is 1. The first-order chi connectivity index (χ1) is 10.7. The first-order valence-corrected chi connectivity index (χ1v) is 7.57. The van der Waals surface area contributed by atoms with Gasteiger partial charge in [-0.2, -0.15) is 0 Å². The standard InChI is InChI=1S/C16H21N3O3/c1-11-5-6-12-13(10-11)18-15(17-12)14-4-3-7-19(14)16(20)22-9-8-21-2/h5-6,10,14H,3-4,7-9H2,1-2H3,(H,17,18). The zero-order chi connectivity index (χ0) is 15.5. The maximum Gasteiger partial charge on any atom is 0.410 e. The number of amides is 1. The summed E-state index contributed by atoms with van der Waals surface area (Å²) in [6.07, 6.45) is 1.56. The lowest BCUT2D eigenvalue weighted by atomic mass is 10.2. The van der Waals surface area contributed by atoms with Crippen LogP contribution < -0.4 is 0 Å². The predicted octanol–water partition coefficient (Wildman–Crippen LogP) is 2.79. The van der Waals surface area contributed by atoms with Crippen LogP contribution in [0.2, 0.25) is 0 Å². The van der Waals surface area contributed by atoms with Crippen LogP contribution in [0.1, 0.15) is 30.3 Å². The van der Waals surface area contributed by atoms with Gasteiger partial charge in [0.05, 0.1) is 23.7 Å². The Hall–Kier alpha value is -2.08. The van der Waals surface area contributed by atoms with Gasteiger partial charge in [-0.25, -0.2) is 9.78 Å². The van der Waals surface area contributed by atoms with Crippen LogP contribution in [0.3, 0.4) is 0 Å². The number of imidazole rings is 1. The van der Waals surface area contributed by atoms with Crippen molar-refractivity contribution < 1.29 is 14.3 Å². The van der Waals surface area contributed by atoms with E-state index < -0.39 is 0 Å². The van der Waals surface area contributed by atoms with E-state index >= 15 is 0 Å². The Balaban J connectivity index is 1.77. The molecule has 118 valence electrons. The second-order valence-electron chi connectivity index (χ2n) is 5.60. The molecule has 0 spiro atoms. The number of carbonyl (C=O) groups excluding carboxylic acids is 1. The molecule has 1 amide bonds. The van der Waals surface area contributed by atoms with Gasteiger partial charge < -0.3 is 14.5 Å². The number of benzene rings is 1. The summed E-state index contributed by atoms with van der Waals surface area (Å²) < 4.78 is 10.1. The lowest BCUT2D eigenvalue weighted by Gasteiger charge is -2.22. The van der Waals surface area contributed by atoms with Crippen molar-refractivity contribution in [3.8, 4) is 0 Å². The molecular formula is C16H21N3O3. The van der Waals surface area contributed by atoms with E-state index in [0.717, 1.165) is 29.7 Å². The summed E-state index contributed by atoms with van der Waals surface area (Å²) in [6, 6.07) is 6.07. The quantitative estimate of drug-likeness (QED) is 0.882. The van der Waals surface area contributed by atoms with E-state index in [1.54, 1.807) is 12.0 Å². The molecule has 1 N–H and O–H groups in total. The molecule has 6 heteroatoms. The van der Waals surface area contributed by atoms with Crippen LogP contribution >= 0.6 is 0 Å². The molecule has 1 atom stereocenters. The Morgan fingerprint density at radius 1 is 1.45 bits per heavy atom. The third kappa shape index (κ3) is 2.92. The molecule has 1 aliphatic heterocycles. The van der Waals surface area contributed by atoms with E-state index in [1.165, 1.54) is 5.56 Å². The zero-order valence-corrected chi connectivity index (χ0v) is 13.0. The second-order valence-corrected chi connectivity index (χ2v) is 5.60. The van der Waals surface area contributed by atoms with Gasteiger partial charge in [-0.05, 0) is 37.5 Å². The summed E-state index contributed by atoms with van der Waals surface area (Å²) in [7, 11) is 1.59. The van der Waals surface area contributed by atoms with Crippen molar-refractivity contribution in [3.63, 3.8) is 0 Å². The summed E-state index contributed by atoms with van der Waals surface area (Å²) in [4.78, 5) is 21.9. The minimum Gasteiger partial charge on any atom is -0.447 e. The molecule has 1 aliphatic rings. The molecule has 6 nitrogen and oxygen atoms in total. The third-order valence-electron chi connectivity index (χ3n) is 3.97. The van der Waals surface area contributed by atoms with Gasteiger partial charge in [0.25, 0.3) is 0 Å². The summed E-state index contributed by atoms with van der Waals surface area (Å²) in [5.41, 5.74) is 3.12. The number of ether oxygens (including phenoxy) is 2. The summed E-state index contributed by atoms with van der Waals surface area (Å²) in [6.45, 7) is 3.44. The maximum atomic E-state index is 12.2. The monoisotopic (exact) mass is 303 g/mol.